The minimum Gasteiger partial charge on any atom is -0.478 e. The first-order valence-electron chi connectivity index (χ1n) is 5.17. The molecule has 1 amide bonds. The molecular formula is C10H16FNO5. The lowest BCUT2D eigenvalue weighted by Gasteiger charge is -2.31. The van der Waals surface area contributed by atoms with Crippen molar-refractivity contribution >= 4 is 12.1 Å². The number of ether oxygens (including phenoxy) is 1. The van der Waals surface area contributed by atoms with E-state index in [1.165, 1.54) is 0 Å². The van der Waals surface area contributed by atoms with Gasteiger partial charge in [-0.25, -0.2) is 14.0 Å². The highest BCUT2D eigenvalue weighted by atomic mass is 19.1. The molecule has 1 fully saturated rings. The highest BCUT2D eigenvalue weighted by Crippen LogP contribution is 2.30. The molecule has 1 aliphatic heterocycles. The van der Waals surface area contributed by atoms with Crippen LogP contribution >= 0.6 is 0 Å². The average molecular weight is 249 g/mol. The lowest BCUT2D eigenvalue weighted by atomic mass is 10.1. The number of amides is 1. The smallest absolute Gasteiger partial charge is 0.413 e. The standard InChI is InChI=1S/C10H16FNO5/c1-9(2,3)17-8(15)12-5-6(11)4-10(12,16)7(13)14/h6,16H,4-5H2,1-3H3,(H,13,14)/t6-,10-/m0/s1. The Bertz CT molecular complexity index is 340. The number of rotatable bonds is 1. The molecule has 0 spiro atoms. The van der Waals surface area contributed by atoms with Gasteiger partial charge >= 0.3 is 12.1 Å². The molecule has 0 unspecified atom stereocenters. The van der Waals surface area contributed by atoms with Gasteiger partial charge in [0.1, 0.15) is 11.8 Å². The van der Waals surface area contributed by atoms with E-state index in [1.807, 2.05) is 0 Å². The Morgan fingerprint density at radius 2 is 2.00 bits per heavy atom. The first kappa shape index (κ1) is 13.7. The Balaban J connectivity index is 2.88. The fraction of sp³-hybridized carbons (Fsp3) is 0.800. The summed E-state index contributed by atoms with van der Waals surface area (Å²) < 4.78 is 18.1. The second kappa shape index (κ2) is 4.14. The zero-order valence-electron chi connectivity index (χ0n) is 9.94. The van der Waals surface area contributed by atoms with Crippen molar-refractivity contribution in [3.05, 3.63) is 0 Å². The van der Waals surface area contributed by atoms with Crippen molar-refractivity contribution in [1.82, 2.24) is 4.90 Å². The molecule has 0 aromatic carbocycles. The van der Waals surface area contributed by atoms with Crippen molar-refractivity contribution in [1.29, 1.82) is 0 Å². The lowest BCUT2D eigenvalue weighted by molar-refractivity contribution is -0.174. The van der Waals surface area contributed by atoms with Crippen LogP contribution in [0.1, 0.15) is 27.2 Å². The number of carboxylic acid groups (broad SMARTS) is 1. The molecular weight excluding hydrogens is 233 g/mol. The predicted octanol–water partition coefficient (Wildman–Crippen LogP) is 0.739. The van der Waals surface area contributed by atoms with Gasteiger partial charge in [0.05, 0.1) is 6.54 Å². The van der Waals surface area contributed by atoms with E-state index in [4.69, 9.17) is 9.84 Å². The number of halogens is 1. The number of aliphatic carboxylic acids is 1. The summed E-state index contributed by atoms with van der Waals surface area (Å²) in [6.45, 7) is 4.28. The van der Waals surface area contributed by atoms with Gasteiger partial charge in [-0.2, -0.15) is 0 Å². The third-order valence-corrected chi connectivity index (χ3v) is 2.29. The van der Waals surface area contributed by atoms with Crippen LogP contribution in [-0.4, -0.2) is 51.2 Å². The molecule has 1 saturated heterocycles. The highest BCUT2D eigenvalue weighted by Gasteiger charge is 2.54. The number of hydrogen-bond acceptors (Lipinski definition) is 4. The van der Waals surface area contributed by atoms with Gasteiger partial charge in [-0.1, -0.05) is 0 Å². The van der Waals surface area contributed by atoms with E-state index in [-0.39, 0.29) is 0 Å². The molecule has 0 radical (unpaired) electrons. The van der Waals surface area contributed by atoms with E-state index in [2.05, 4.69) is 0 Å². The normalized spacial score (nSPS) is 29.2. The second-order valence-electron chi connectivity index (χ2n) is 5.01. The molecule has 2 atom stereocenters. The van der Waals surface area contributed by atoms with E-state index < -0.39 is 42.5 Å². The molecule has 98 valence electrons. The Labute approximate surface area is 98.0 Å². The van der Waals surface area contributed by atoms with Gasteiger partial charge in [0.15, 0.2) is 0 Å². The molecule has 6 nitrogen and oxygen atoms in total. The van der Waals surface area contributed by atoms with Crippen LogP contribution in [0.2, 0.25) is 0 Å². The highest BCUT2D eigenvalue weighted by molar-refractivity contribution is 5.83. The summed E-state index contributed by atoms with van der Waals surface area (Å²) in [7, 11) is 0. The van der Waals surface area contributed by atoms with E-state index in [9.17, 15) is 19.1 Å². The fourth-order valence-electron chi connectivity index (χ4n) is 1.58. The number of likely N-dealkylation sites (tertiary alicyclic amines) is 1. The summed E-state index contributed by atoms with van der Waals surface area (Å²) in [5, 5.41) is 18.6. The van der Waals surface area contributed by atoms with E-state index in [0.29, 0.717) is 4.90 Å². The van der Waals surface area contributed by atoms with Crippen molar-refractivity contribution in [2.24, 2.45) is 0 Å². The largest absolute Gasteiger partial charge is 0.478 e. The first-order valence-corrected chi connectivity index (χ1v) is 5.17. The van der Waals surface area contributed by atoms with Crippen LogP contribution < -0.4 is 0 Å². The van der Waals surface area contributed by atoms with Crippen molar-refractivity contribution in [2.75, 3.05) is 6.54 Å². The zero-order valence-corrected chi connectivity index (χ0v) is 9.94. The van der Waals surface area contributed by atoms with Gasteiger partial charge in [-0.3, -0.25) is 4.90 Å². The molecule has 1 heterocycles. The number of nitrogens with zero attached hydrogens (tertiary/aromatic N) is 1. The number of aliphatic hydroxyl groups is 1. The molecule has 0 aromatic heterocycles. The molecule has 0 aromatic rings. The summed E-state index contributed by atoms with van der Waals surface area (Å²) in [6, 6.07) is 0. The number of carbonyl (C=O) groups excluding carboxylic acids is 1. The zero-order chi connectivity index (χ0) is 13.4. The number of hydrogen-bond donors (Lipinski definition) is 2. The molecule has 17 heavy (non-hydrogen) atoms. The maximum Gasteiger partial charge on any atom is 0.413 e. The van der Waals surface area contributed by atoms with Crippen molar-refractivity contribution in [2.45, 2.75) is 44.7 Å². The summed E-state index contributed by atoms with van der Waals surface area (Å²) in [5.74, 6) is -1.66. The van der Waals surface area contributed by atoms with Crippen molar-refractivity contribution < 1.29 is 28.9 Å². The van der Waals surface area contributed by atoms with E-state index >= 15 is 0 Å². The van der Waals surface area contributed by atoms with Crippen molar-refractivity contribution in [3.8, 4) is 0 Å². The summed E-state index contributed by atoms with van der Waals surface area (Å²) in [5.41, 5.74) is -3.37. The van der Waals surface area contributed by atoms with Crippen LogP contribution in [0.3, 0.4) is 0 Å². The minimum atomic E-state index is -2.53. The minimum absolute atomic E-state index is 0.488. The van der Waals surface area contributed by atoms with Gasteiger partial charge in [-0.15, -0.1) is 0 Å². The molecule has 1 aliphatic rings. The summed E-state index contributed by atoms with van der Waals surface area (Å²) in [6.07, 6.45) is -3.27. The summed E-state index contributed by atoms with van der Waals surface area (Å²) in [4.78, 5) is 23.0. The third kappa shape index (κ3) is 2.85. The molecule has 7 heteroatoms. The van der Waals surface area contributed by atoms with Gasteiger partial charge in [-0.05, 0) is 20.8 Å². The van der Waals surface area contributed by atoms with E-state index in [1.54, 1.807) is 20.8 Å². The quantitative estimate of drug-likeness (QED) is 0.715. The molecule has 2 N–H and O–H groups in total. The molecule has 1 rings (SSSR count). The Hall–Kier alpha value is -1.37. The fourth-order valence-corrected chi connectivity index (χ4v) is 1.58. The summed E-state index contributed by atoms with van der Waals surface area (Å²) >= 11 is 0. The van der Waals surface area contributed by atoms with Gasteiger partial charge < -0.3 is 14.9 Å². The Kier molecular flexibility index (Phi) is 3.33. The second-order valence-corrected chi connectivity index (χ2v) is 5.01. The number of carboxylic acids is 1. The van der Waals surface area contributed by atoms with Crippen LogP contribution in [0.25, 0.3) is 0 Å². The van der Waals surface area contributed by atoms with Gasteiger partial charge in [0.25, 0.3) is 0 Å². The predicted molar refractivity (Wildman–Crippen MR) is 55.0 cm³/mol. The van der Waals surface area contributed by atoms with Crippen LogP contribution in [0.15, 0.2) is 0 Å². The number of carbonyl (C=O) groups is 2. The Morgan fingerprint density at radius 3 is 2.41 bits per heavy atom. The van der Waals surface area contributed by atoms with Crippen molar-refractivity contribution in [3.63, 3.8) is 0 Å². The average Bonchev–Trinajstić information content (AvgIpc) is 2.40. The lowest BCUT2D eigenvalue weighted by Crippen LogP contribution is -2.54. The topological polar surface area (TPSA) is 87.1 Å². The van der Waals surface area contributed by atoms with E-state index in [0.717, 1.165) is 0 Å². The molecule has 0 bridgehead atoms. The van der Waals surface area contributed by atoms with Crippen LogP contribution in [0.4, 0.5) is 9.18 Å². The van der Waals surface area contributed by atoms with Crippen LogP contribution in [-0.2, 0) is 9.53 Å². The first-order chi connectivity index (χ1) is 7.56. The molecule has 0 saturated carbocycles. The van der Waals surface area contributed by atoms with Crippen LogP contribution in [0, 0.1) is 0 Å². The third-order valence-electron chi connectivity index (χ3n) is 2.29. The Morgan fingerprint density at radius 1 is 1.47 bits per heavy atom. The maximum atomic E-state index is 13.1. The number of alkyl halides is 1. The van der Waals surface area contributed by atoms with Gasteiger partial charge in [0.2, 0.25) is 5.72 Å². The SMILES string of the molecule is CC(C)(C)OC(=O)N1C[C@@H](F)C[C@]1(O)C(=O)O. The van der Waals surface area contributed by atoms with Crippen LogP contribution in [0.5, 0.6) is 0 Å². The van der Waals surface area contributed by atoms with Gasteiger partial charge in [0, 0.05) is 6.42 Å². The monoisotopic (exact) mass is 249 g/mol. The maximum absolute atomic E-state index is 13.1. The molecule has 0 aliphatic carbocycles.